The van der Waals surface area contributed by atoms with Crippen LogP contribution in [0.5, 0.6) is 5.75 Å². The SMILES string of the molecule is C/C=C/C=C/C(=O)NC(c1ccc(F)cc1)c1ccc(OC)cc1. The van der Waals surface area contributed by atoms with E-state index in [1.807, 2.05) is 37.3 Å². The van der Waals surface area contributed by atoms with Crippen LogP contribution in [0.3, 0.4) is 0 Å². The van der Waals surface area contributed by atoms with Crippen molar-refractivity contribution in [3.05, 3.63) is 89.8 Å². The van der Waals surface area contributed by atoms with Gasteiger partial charge in [-0.15, -0.1) is 0 Å². The molecule has 0 saturated carbocycles. The summed E-state index contributed by atoms with van der Waals surface area (Å²) in [7, 11) is 1.60. The Morgan fingerprint density at radius 2 is 1.62 bits per heavy atom. The fourth-order valence-corrected chi connectivity index (χ4v) is 2.26. The minimum atomic E-state index is -0.376. The second-order valence-electron chi connectivity index (χ2n) is 5.15. The molecule has 0 heterocycles. The molecule has 24 heavy (non-hydrogen) atoms. The number of nitrogens with one attached hydrogen (secondary N) is 1. The normalized spacial score (nSPS) is 12.5. The molecule has 0 radical (unpaired) electrons. The molecule has 1 amide bonds. The molecule has 0 saturated heterocycles. The lowest BCUT2D eigenvalue weighted by Crippen LogP contribution is -2.27. The molecule has 3 nitrogen and oxygen atoms in total. The molecule has 2 aromatic carbocycles. The van der Waals surface area contributed by atoms with Crippen LogP contribution < -0.4 is 10.1 Å². The minimum absolute atomic E-state index is 0.224. The molecular weight excluding hydrogens is 305 g/mol. The standard InChI is InChI=1S/C20H20FNO2/c1-3-4-5-6-19(23)22-20(15-7-11-17(21)12-8-15)16-9-13-18(24-2)14-10-16/h3-14,20H,1-2H3,(H,22,23)/b4-3+,6-5+. The van der Waals surface area contributed by atoms with Gasteiger partial charge in [0, 0.05) is 6.08 Å². The summed E-state index contributed by atoms with van der Waals surface area (Å²) in [5, 5.41) is 2.94. The van der Waals surface area contributed by atoms with E-state index >= 15 is 0 Å². The van der Waals surface area contributed by atoms with Crippen molar-refractivity contribution in [1.29, 1.82) is 0 Å². The molecular formula is C20H20FNO2. The topological polar surface area (TPSA) is 38.3 Å². The van der Waals surface area contributed by atoms with Crippen molar-refractivity contribution in [2.75, 3.05) is 7.11 Å². The molecule has 0 aliphatic rings. The number of amides is 1. The van der Waals surface area contributed by atoms with Gasteiger partial charge < -0.3 is 10.1 Å². The number of hydrogen-bond acceptors (Lipinski definition) is 2. The molecule has 1 atom stereocenters. The second kappa shape index (κ2) is 8.67. The highest BCUT2D eigenvalue weighted by Crippen LogP contribution is 2.24. The first kappa shape index (κ1) is 17.5. The minimum Gasteiger partial charge on any atom is -0.497 e. The lowest BCUT2D eigenvalue weighted by atomic mass is 9.98. The molecule has 0 fully saturated rings. The van der Waals surface area contributed by atoms with Gasteiger partial charge in [-0.05, 0) is 42.3 Å². The zero-order valence-corrected chi connectivity index (χ0v) is 13.7. The first-order valence-electron chi connectivity index (χ1n) is 7.63. The van der Waals surface area contributed by atoms with E-state index in [0.717, 1.165) is 16.9 Å². The van der Waals surface area contributed by atoms with Crippen LogP contribution in [0.4, 0.5) is 4.39 Å². The Balaban J connectivity index is 2.29. The first-order chi connectivity index (χ1) is 11.6. The maximum atomic E-state index is 13.2. The van der Waals surface area contributed by atoms with Gasteiger partial charge in [-0.25, -0.2) is 4.39 Å². The fourth-order valence-electron chi connectivity index (χ4n) is 2.26. The third-order valence-corrected chi connectivity index (χ3v) is 3.49. The molecule has 0 aliphatic heterocycles. The predicted molar refractivity (Wildman–Crippen MR) is 93.3 cm³/mol. The number of carbonyl (C=O) groups excluding carboxylic acids is 1. The number of methoxy groups -OCH3 is 1. The van der Waals surface area contributed by atoms with Gasteiger partial charge in [0.05, 0.1) is 13.2 Å². The summed E-state index contributed by atoms with van der Waals surface area (Å²) in [6.45, 7) is 1.88. The molecule has 124 valence electrons. The van der Waals surface area contributed by atoms with Crippen LogP contribution in [0.2, 0.25) is 0 Å². The number of allylic oxidation sites excluding steroid dienone is 3. The van der Waals surface area contributed by atoms with Crippen molar-refractivity contribution in [3.63, 3.8) is 0 Å². The third-order valence-electron chi connectivity index (χ3n) is 3.49. The molecule has 1 unspecified atom stereocenters. The Bertz CT molecular complexity index is 718. The lowest BCUT2D eigenvalue weighted by molar-refractivity contribution is -0.117. The summed E-state index contributed by atoms with van der Waals surface area (Å²) >= 11 is 0. The van der Waals surface area contributed by atoms with E-state index < -0.39 is 0 Å². The smallest absolute Gasteiger partial charge is 0.244 e. The Kier molecular flexibility index (Phi) is 6.32. The highest BCUT2D eigenvalue weighted by molar-refractivity contribution is 5.88. The van der Waals surface area contributed by atoms with Gasteiger partial charge in [-0.3, -0.25) is 4.79 Å². The van der Waals surface area contributed by atoms with Crippen molar-refractivity contribution >= 4 is 5.91 Å². The van der Waals surface area contributed by atoms with Gasteiger partial charge in [0.2, 0.25) is 5.91 Å². The van der Waals surface area contributed by atoms with E-state index in [2.05, 4.69) is 5.32 Å². The molecule has 2 aromatic rings. The van der Waals surface area contributed by atoms with E-state index in [0.29, 0.717) is 0 Å². The molecule has 1 N–H and O–H groups in total. The average molecular weight is 325 g/mol. The molecule has 0 bridgehead atoms. The van der Waals surface area contributed by atoms with Crippen molar-refractivity contribution in [3.8, 4) is 5.75 Å². The number of rotatable bonds is 6. The zero-order valence-electron chi connectivity index (χ0n) is 13.7. The summed E-state index contributed by atoms with van der Waals surface area (Å²) in [6.07, 6.45) is 6.75. The number of halogens is 1. The zero-order chi connectivity index (χ0) is 17.4. The Hall–Kier alpha value is -2.88. The number of ether oxygens (including phenoxy) is 1. The van der Waals surface area contributed by atoms with Crippen LogP contribution in [-0.2, 0) is 4.79 Å². The van der Waals surface area contributed by atoms with Crippen LogP contribution in [0.25, 0.3) is 0 Å². The van der Waals surface area contributed by atoms with Crippen molar-refractivity contribution in [1.82, 2.24) is 5.32 Å². The van der Waals surface area contributed by atoms with Crippen LogP contribution >= 0.6 is 0 Å². The third kappa shape index (κ3) is 4.81. The molecule has 2 rings (SSSR count). The Morgan fingerprint density at radius 3 is 2.17 bits per heavy atom. The van der Waals surface area contributed by atoms with Crippen LogP contribution in [-0.4, -0.2) is 13.0 Å². The van der Waals surface area contributed by atoms with Gasteiger partial charge in [0.15, 0.2) is 0 Å². The fraction of sp³-hybridized carbons (Fsp3) is 0.150. The van der Waals surface area contributed by atoms with Gasteiger partial charge >= 0.3 is 0 Å². The summed E-state index contributed by atoms with van der Waals surface area (Å²) in [5.74, 6) is 0.195. The van der Waals surface area contributed by atoms with Crippen LogP contribution in [0.1, 0.15) is 24.1 Å². The number of hydrogen-bond donors (Lipinski definition) is 1. The van der Waals surface area contributed by atoms with E-state index in [1.165, 1.54) is 18.2 Å². The van der Waals surface area contributed by atoms with Gasteiger partial charge in [0.1, 0.15) is 11.6 Å². The van der Waals surface area contributed by atoms with Gasteiger partial charge in [-0.1, -0.05) is 42.5 Å². The molecule has 0 aromatic heterocycles. The van der Waals surface area contributed by atoms with Crippen LogP contribution in [0.15, 0.2) is 72.8 Å². The highest BCUT2D eigenvalue weighted by Gasteiger charge is 2.16. The quantitative estimate of drug-likeness (QED) is 0.639. The largest absolute Gasteiger partial charge is 0.497 e. The summed E-state index contributed by atoms with van der Waals surface area (Å²) in [6, 6.07) is 13.1. The summed E-state index contributed by atoms with van der Waals surface area (Å²) in [4.78, 5) is 12.1. The van der Waals surface area contributed by atoms with Crippen molar-refractivity contribution < 1.29 is 13.9 Å². The Labute approximate surface area is 141 Å². The maximum Gasteiger partial charge on any atom is 0.244 e. The maximum absolute atomic E-state index is 13.2. The van der Waals surface area contributed by atoms with Gasteiger partial charge in [-0.2, -0.15) is 0 Å². The average Bonchev–Trinajstić information content (AvgIpc) is 2.61. The van der Waals surface area contributed by atoms with E-state index in [4.69, 9.17) is 4.74 Å². The molecule has 4 heteroatoms. The molecule has 0 aliphatic carbocycles. The number of carbonyl (C=O) groups is 1. The van der Waals surface area contributed by atoms with Crippen molar-refractivity contribution in [2.24, 2.45) is 0 Å². The second-order valence-corrected chi connectivity index (χ2v) is 5.15. The summed E-state index contributed by atoms with van der Waals surface area (Å²) < 4.78 is 18.4. The predicted octanol–water partition coefficient (Wildman–Crippen LogP) is 4.17. The van der Waals surface area contributed by atoms with Crippen molar-refractivity contribution in [2.45, 2.75) is 13.0 Å². The molecule has 0 spiro atoms. The highest BCUT2D eigenvalue weighted by atomic mass is 19.1. The van der Waals surface area contributed by atoms with E-state index in [9.17, 15) is 9.18 Å². The van der Waals surface area contributed by atoms with E-state index in [1.54, 1.807) is 31.4 Å². The van der Waals surface area contributed by atoms with Gasteiger partial charge in [0.25, 0.3) is 0 Å². The lowest BCUT2D eigenvalue weighted by Gasteiger charge is -2.19. The van der Waals surface area contributed by atoms with Crippen LogP contribution in [0, 0.1) is 5.82 Å². The monoisotopic (exact) mass is 325 g/mol. The number of benzene rings is 2. The Morgan fingerprint density at radius 1 is 1.04 bits per heavy atom. The first-order valence-corrected chi connectivity index (χ1v) is 7.63. The van der Waals surface area contributed by atoms with E-state index in [-0.39, 0.29) is 17.8 Å². The summed E-state index contributed by atoms with van der Waals surface area (Å²) in [5.41, 5.74) is 1.68.